The molecule has 2 rings (SSSR count). The van der Waals surface area contributed by atoms with Crippen LogP contribution in [-0.4, -0.2) is 12.4 Å². The van der Waals surface area contributed by atoms with Crippen LogP contribution in [0.5, 0.6) is 5.75 Å². The van der Waals surface area contributed by atoms with Crippen LogP contribution < -0.4 is 4.74 Å². The highest BCUT2D eigenvalue weighted by molar-refractivity contribution is 6.42. The minimum absolute atomic E-state index is 0.0877. The molecule has 106 valence electrons. The Hall–Kier alpha value is -2.02. The van der Waals surface area contributed by atoms with Gasteiger partial charge in [-0.05, 0) is 35.9 Å². The number of ketones is 1. The highest BCUT2D eigenvalue weighted by Crippen LogP contribution is 2.23. The molecule has 0 unspecified atom stereocenters. The van der Waals surface area contributed by atoms with Crippen LogP contribution in [0.25, 0.3) is 0 Å². The normalized spacial score (nSPS) is 9.95. The molecule has 0 bridgehead atoms. The molecule has 3 nitrogen and oxygen atoms in total. The first-order chi connectivity index (χ1) is 10.1. The third-order valence-corrected chi connectivity index (χ3v) is 3.56. The number of benzene rings is 2. The number of hydrogen-bond acceptors (Lipinski definition) is 3. The summed E-state index contributed by atoms with van der Waals surface area (Å²) in [4.78, 5) is 12.0. The molecule has 0 saturated carbocycles. The first kappa shape index (κ1) is 15.4. The zero-order valence-electron chi connectivity index (χ0n) is 11.0. The van der Waals surface area contributed by atoms with E-state index in [4.69, 9.17) is 33.2 Å². The molecule has 0 aliphatic carbocycles. The summed E-state index contributed by atoms with van der Waals surface area (Å²) in [5, 5.41) is 9.33. The van der Waals surface area contributed by atoms with Crippen LogP contribution in [0.2, 0.25) is 10.0 Å². The van der Waals surface area contributed by atoms with E-state index in [-0.39, 0.29) is 12.4 Å². The Bertz CT molecular complexity index is 690. The number of halogens is 2. The Kier molecular flexibility index (Phi) is 5.21. The van der Waals surface area contributed by atoms with Crippen LogP contribution in [0.4, 0.5) is 0 Å². The summed E-state index contributed by atoms with van der Waals surface area (Å²) in [6, 6.07) is 13.8. The molecule has 0 radical (unpaired) electrons. The number of ether oxygens (including phenoxy) is 1. The third kappa shape index (κ3) is 4.22. The number of nitrogens with zero attached hydrogens (tertiary/aromatic N) is 1. The standard InChI is InChI=1S/C16H11Cl2NO2/c17-14-6-3-12(9-15(14)18)16(20)10-21-13-4-1-11(2-5-13)7-8-19/h1-6,9H,7,10H2. The van der Waals surface area contributed by atoms with Crippen LogP contribution in [0.15, 0.2) is 42.5 Å². The second kappa shape index (κ2) is 7.12. The molecule has 0 aliphatic rings. The van der Waals surface area contributed by atoms with E-state index in [1.54, 1.807) is 36.4 Å². The Morgan fingerprint density at radius 2 is 1.81 bits per heavy atom. The van der Waals surface area contributed by atoms with Crippen molar-refractivity contribution in [2.45, 2.75) is 6.42 Å². The lowest BCUT2D eigenvalue weighted by atomic mass is 10.1. The number of rotatable bonds is 5. The molecule has 2 aromatic rings. The van der Waals surface area contributed by atoms with E-state index in [1.165, 1.54) is 6.07 Å². The maximum absolute atomic E-state index is 12.0. The van der Waals surface area contributed by atoms with Crippen molar-refractivity contribution in [3.05, 3.63) is 63.6 Å². The van der Waals surface area contributed by atoms with Gasteiger partial charge in [0, 0.05) is 5.56 Å². The number of nitriles is 1. The van der Waals surface area contributed by atoms with Crippen molar-refractivity contribution < 1.29 is 9.53 Å². The van der Waals surface area contributed by atoms with E-state index in [2.05, 4.69) is 6.07 Å². The first-order valence-electron chi connectivity index (χ1n) is 6.17. The third-order valence-electron chi connectivity index (χ3n) is 2.82. The van der Waals surface area contributed by atoms with Crippen molar-refractivity contribution >= 4 is 29.0 Å². The molecule has 0 N–H and O–H groups in total. The quantitative estimate of drug-likeness (QED) is 0.771. The monoisotopic (exact) mass is 319 g/mol. The number of carbonyl (C=O) groups excluding carboxylic acids is 1. The van der Waals surface area contributed by atoms with E-state index in [1.807, 2.05) is 0 Å². The van der Waals surface area contributed by atoms with Gasteiger partial charge < -0.3 is 4.74 Å². The predicted octanol–water partition coefficient (Wildman–Crippen LogP) is 4.32. The molecule has 0 heterocycles. The highest BCUT2D eigenvalue weighted by Gasteiger charge is 2.09. The molecule has 21 heavy (non-hydrogen) atoms. The van der Waals surface area contributed by atoms with E-state index in [0.29, 0.717) is 27.8 Å². The Labute approximate surface area is 132 Å². The van der Waals surface area contributed by atoms with Gasteiger partial charge in [0.15, 0.2) is 12.4 Å². The van der Waals surface area contributed by atoms with Crippen LogP contribution >= 0.6 is 23.2 Å². The molecular formula is C16H11Cl2NO2. The van der Waals surface area contributed by atoms with Gasteiger partial charge in [-0.3, -0.25) is 4.79 Å². The smallest absolute Gasteiger partial charge is 0.200 e. The lowest BCUT2D eigenvalue weighted by Gasteiger charge is -2.06. The zero-order chi connectivity index (χ0) is 15.2. The summed E-state index contributed by atoms with van der Waals surface area (Å²) in [5.74, 6) is 0.389. The van der Waals surface area contributed by atoms with E-state index < -0.39 is 0 Å². The lowest BCUT2D eigenvalue weighted by molar-refractivity contribution is 0.0921. The second-order valence-corrected chi connectivity index (χ2v) is 5.13. The number of carbonyl (C=O) groups is 1. The number of hydrogen-bond donors (Lipinski definition) is 0. The fourth-order valence-electron chi connectivity index (χ4n) is 1.70. The summed E-state index contributed by atoms with van der Waals surface area (Å²) in [6.07, 6.45) is 0.350. The molecular weight excluding hydrogens is 309 g/mol. The van der Waals surface area contributed by atoms with Gasteiger partial charge in [0.25, 0.3) is 0 Å². The summed E-state index contributed by atoms with van der Waals surface area (Å²) in [7, 11) is 0. The summed E-state index contributed by atoms with van der Waals surface area (Å²) >= 11 is 11.7. The van der Waals surface area contributed by atoms with Crippen molar-refractivity contribution in [3.63, 3.8) is 0 Å². The van der Waals surface area contributed by atoms with Gasteiger partial charge in [0.2, 0.25) is 0 Å². The topological polar surface area (TPSA) is 50.1 Å². The Morgan fingerprint density at radius 1 is 1.10 bits per heavy atom. The van der Waals surface area contributed by atoms with Crippen LogP contribution in [0.1, 0.15) is 15.9 Å². The molecule has 0 saturated heterocycles. The van der Waals surface area contributed by atoms with Crippen molar-refractivity contribution in [1.82, 2.24) is 0 Å². The Balaban J connectivity index is 1.97. The second-order valence-electron chi connectivity index (χ2n) is 4.32. The molecule has 0 aliphatic heterocycles. The molecule has 0 aromatic heterocycles. The fraction of sp³-hybridized carbons (Fsp3) is 0.125. The molecule has 0 amide bonds. The van der Waals surface area contributed by atoms with Crippen molar-refractivity contribution in [3.8, 4) is 11.8 Å². The molecule has 5 heteroatoms. The van der Waals surface area contributed by atoms with Crippen molar-refractivity contribution in [2.75, 3.05) is 6.61 Å². The van der Waals surface area contributed by atoms with Crippen LogP contribution in [-0.2, 0) is 6.42 Å². The SMILES string of the molecule is N#CCc1ccc(OCC(=O)c2ccc(Cl)c(Cl)c2)cc1. The van der Waals surface area contributed by atoms with Gasteiger partial charge in [-0.2, -0.15) is 5.26 Å². The maximum Gasteiger partial charge on any atom is 0.200 e. The largest absolute Gasteiger partial charge is 0.485 e. The fourth-order valence-corrected chi connectivity index (χ4v) is 1.99. The summed E-state index contributed by atoms with van der Waals surface area (Å²) in [6.45, 7) is -0.0877. The average Bonchev–Trinajstić information content (AvgIpc) is 2.49. The first-order valence-corrected chi connectivity index (χ1v) is 6.92. The number of Topliss-reactive ketones (excluding diaryl/α,β-unsaturated/α-hetero) is 1. The van der Waals surface area contributed by atoms with E-state index >= 15 is 0 Å². The van der Waals surface area contributed by atoms with E-state index in [0.717, 1.165) is 5.56 Å². The maximum atomic E-state index is 12.0. The summed E-state index contributed by atoms with van der Waals surface area (Å²) in [5.41, 5.74) is 1.35. The molecule has 0 fully saturated rings. The van der Waals surface area contributed by atoms with Crippen LogP contribution in [0, 0.1) is 11.3 Å². The molecule has 0 atom stereocenters. The zero-order valence-corrected chi connectivity index (χ0v) is 12.5. The van der Waals surface area contributed by atoms with Gasteiger partial charge in [0.05, 0.1) is 22.5 Å². The van der Waals surface area contributed by atoms with Gasteiger partial charge in [0.1, 0.15) is 5.75 Å². The van der Waals surface area contributed by atoms with Gasteiger partial charge in [-0.1, -0.05) is 35.3 Å². The summed E-state index contributed by atoms with van der Waals surface area (Å²) < 4.78 is 5.42. The minimum atomic E-state index is -0.185. The highest BCUT2D eigenvalue weighted by atomic mass is 35.5. The van der Waals surface area contributed by atoms with Gasteiger partial charge >= 0.3 is 0 Å². The predicted molar refractivity (Wildman–Crippen MR) is 82.0 cm³/mol. The van der Waals surface area contributed by atoms with Crippen molar-refractivity contribution in [1.29, 1.82) is 5.26 Å². The molecule has 2 aromatic carbocycles. The average molecular weight is 320 g/mol. The minimum Gasteiger partial charge on any atom is -0.485 e. The Morgan fingerprint density at radius 3 is 2.43 bits per heavy atom. The van der Waals surface area contributed by atoms with Crippen molar-refractivity contribution in [2.24, 2.45) is 0 Å². The van der Waals surface area contributed by atoms with E-state index in [9.17, 15) is 4.79 Å². The van der Waals surface area contributed by atoms with Gasteiger partial charge in [-0.25, -0.2) is 0 Å². The molecule has 0 spiro atoms. The van der Waals surface area contributed by atoms with Crippen LogP contribution in [0.3, 0.4) is 0 Å². The lowest BCUT2D eigenvalue weighted by Crippen LogP contribution is -2.11. The van der Waals surface area contributed by atoms with Gasteiger partial charge in [-0.15, -0.1) is 0 Å².